The van der Waals surface area contributed by atoms with Crippen molar-refractivity contribution in [2.75, 3.05) is 12.0 Å². The lowest BCUT2D eigenvalue weighted by molar-refractivity contribution is 0.474. The van der Waals surface area contributed by atoms with E-state index in [4.69, 9.17) is 5.11 Å². The number of thioether (sulfide) groups is 1. The van der Waals surface area contributed by atoms with Crippen LogP contribution in [0.25, 0.3) is 0 Å². The minimum atomic E-state index is 0.188. The summed E-state index contributed by atoms with van der Waals surface area (Å²) in [6.07, 6.45) is 2.11. The zero-order valence-corrected chi connectivity index (χ0v) is 9.19. The van der Waals surface area contributed by atoms with Gasteiger partial charge in [0.2, 0.25) is 0 Å². The van der Waals surface area contributed by atoms with E-state index >= 15 is 0 Å². The molecule has 0 aliphatic rings. The molecular formula is C11H16OS. The molecule has 0 spiro atoms. The highest BCUT2D eigenvalue weighted by atomic mass is 32.2. The summed E-state index contributed by atoms with van der Waals surface area (Å²) >= 11 is 1.85. The molecule has 2 heteroatoms. The fourth-order valence-electron chi connectivity index (χ4n) is 1.36. The Morgan fingerprint density at radius 3 is 2.23 bits per heavy atom. The molecule has 1 aromatic rings. The van der Waals surface area contributed by atoms with Crippen molar-refractivity contribution in [1.29, 1.82) is 0 Å². The molecule has 0 aliphatic carbocycles. The van der Waals surface area contributed by atoms with E-state index in [0.29, 0.717) is 5.75 Å². The molecular weight excluding hydrogens is 180 g/mol. The molecule has 1 nitrogen and oxygen atoms in total. The van der Waals surface area contributed by atoms with E-state index in [-0.39, 0.29) is 5.41 Å². The first kappa shape index (κ1) is 10.5. The SMILES string of the molecule is CSCC(C)(C)c1ccc(O)cc1. The van der Waals surface area contributed by atoms with Crippen LogP contribution in [0.2, 0.25) is 0 Å². The summed E-state index contributed by atoms with van der Waals surface area (Å²) in [6.45, 7) is 4.44. The topological polar surface area (TPSA) is 20.2 Å². The number of benzene rings is 1. The van der Waals surface area contributed by atoms with Gasteiger partial charge in [-0.3, -0.25) is 0 Å². The third-order valence-corrected chi connectivity index (χ3v) is 3.16. The van der Waals surface area contributed by atoms with E-state index in [9.17, 15) is 0 Å². The summed E-state index contributed by atoms with van der Waals surface area (Å²) in [7, 11) is 0. The summed E-state index contributed by atoms with van der Waals surface area (Å²) < 4.78 is 0. The molecule has 0 fully saturated rings. The van der Waals surface area contributed by atoms with Gasteiger partial charge in [0.25, 0.3) is 0 Å². The van der Waals surface area contributed by atoms with Crippen LogP contribution >= 0.6 is 11.8 Å². The first-order valence-electron chi connectivity index (χ1n) is 4.35. The highest BCUT2D eigenvalue weighted by molar-refractivity contribution is 7.98. The van der Waals surface area contributed by atoms with E-state index in [1.807, 2.05) is 23.9 Å². The maximum Gasteiger partial charge on any atom is 0.115 e. The molecule has 0 amide bonds. The van der Waals surface area contributed by atoms with Crippen LogP contribution in [0.1, 0.15) is 19.4 Å². The summed E-state index contributed by atoms with van der Waals surface area (Å²) in [5.41, 5.74) is 1.47. The minimum absolute atomic E-state index is 0.188. The van der Waals surface area contributed by atoms with Gasteiger partial charge < -0.3 is 5.11 Å². The molecule has 13 heavy (non-hydrogen) atoms. The van der Waals surface area contributed by atoms with E-state index in [0.717, 1.165) is 5.75 Å². The lowest BCUT2D eigenvalue weighted by Gasteiger charge is -2.24. The van der Waals surface area contributed by atoms with Gasteiger partial charge in [-0.2, -0.15) is 11.8 Å². The molecule has 1 rings (SSSR count). The van der Waals surface area contributed by atoms with Crippen LogP contribution in [0.3, 0.4) is 0 Å². The van der Waals surface area contributed by atoms with Gasteiger partial charge in [0.05, 0.1) is 0 Å². The summed E-state index contributed by atoms with van der Waals surface area (Å²) in [4.78, 5) is 0. The van der Waals surface area contributed by atoms with Crippen molar-refractivity contribution in [2.24, 2.45) is 0 Å². The van der Waals surface area contributed by atoms with Gasteiger partial charge in [0.15, 0.2) is 0 Å². The Bertz CT molecular complexity index is 264. The standard InChI is InChI=1S/C11H16OS/c1-11(2,8-13-3)9-4-6-10(12)7-5-9/h4-7,12H,8H2,1-3H3. The van der Waals surface area contributed by atoms with Crippen molar-refractivity contribution >= 4 is 11.8 Å². The van der Waals surface area contributed by atoms with Crippen molar-refractivity contribution in [3.8, 4) is 5.75 Å². The fourth-order valence-corrected chi connectivity index (χ4v) is 2.25. The number of phenolic OH excluding ortho intramolecular Hbond substituents is 1. The van der Waals surface area contributed by atoms with Crippen molar-refractivity contribution < 1.29 is 5.11 Å². The monoisotopic (exact) mass is 196 g/mol. The molecule has 1 N–H and O–H groups in total. The third-order valence-electron chi connectivity index (χ3n) is 2.15. The Balaban J connectivity index is 2.87. The van der Waals surface area contributed by atoms with Crippen molar-refractivity contribution in [3.63, 3.8) is 0 Å². The smallest absolute Gasteiger partial charge is 0.115 e. The van der Waals surface area contributed by atoms with Crippen LogP contribution in [0, 0.1) is 0 Å². The lowest BCUT2D eigenvalue weighted by Crippen LogP contribution is -2.19. The molecule has 0 atom stereocenters. The minimum Gasteiger partial charge on any atom is -0.508 e. The van der Waals surface area contributed by atoms with E-state index < -0.39 is 0 Å². The van der Waals surface area contributed by atoms with Crippen molar-refractivity contribution in [3.05, 3.63) is 29.8 Å². The number of hydrogen-bond donors (Lipinski definition) is 1. The highest BCUT2D eigenvalue weighted by Crippen LogP contribution is 2.27. The molecule has 0 saturated carbocycles. The molecule has 0 unspecified atom stereocenters. The average Bonchev–Trinajstić information content (AvgIpc) is 2.05. The van der Waals surface area contributed by atoms with Gasteiger partial charge in [0.1, 0.15) is 5.75 Å². The van der Waals surface area contributed by atoms with E-state index in [1.165, 1.54) is 5.56 Å². The van der Waals surface area contributed by atoms with Crippen molar-refractivity contribution in [1.82, 2.24) is 0 Å². The second-order valence-electron chi connectivity index (χ2n) is 3.86. The number of aromatic hydroxyl groups is 1. The molecule has 72 valence electrons. The normalized spacial score (nSPS) is 11.6. The second-order valence-corrected chi connectivity index (χ2v) is 4.73. The van der Waals surface area contributed by atoms with E-state index in [2.05, 4.69) is 20.1 Å². The lowest BCUT2D eigenvalue weighted by atomic mass is 9.87. The molecule has 0 saturated heterocycles. The number of hydrogen-bond acceptors (Lipinski definition) is 2. The molecule has 0 bridgehead atoms. The maximum absolute atomic E-state index is 9.15. The van der Waals surface area contributed by atoms with Gasteiger partial charge in [-0.05, 0) is 29.4 Å². The molecule has 1 aromatic carbocycles. The predicted molar refractivity (Wildman–Crippen MR) is 59.5 cm³/mol. The fraction of sp³-hybridized carbons (Fsp3) is 0.455. The average molecular weight is 196 g/mol. The quantitative estimate of drug-likeness (QED) is 0.802. The Kier molecular flexibility index (Phi) is 3.26. The Labute approximate surface area is 84.2 Å². The van der Waals surface area contributed by atoms with Gasteiger partial charge in [-0.25, -0.2) is 0 Å². The number of rotatable bonds is 3. The summed E-state index contributed by atoms with van der Waals surface area (Å²) in [6, 6.07) is 7.48. The second kappa shape index (κ2) is 4.05. The largest absolute Gasteiger partial charge is 0.508 e. The molecule has 0 radical (unpaired) electrons. The highest BCUT2D eigenvalue weighted by Gasteiger charge is 2.19. The third kappa shape index (κ3) is 2.66. The van der Waals surface area contributed by atoms with Gasteiger partial charge in [-0.1, -0.05) is 26.0 Å². The first-order valence-corrected chi connectivity index (χ1v) is 5.74. The zero-order valence-electron chi connectivity index (χ0n) is 8.37. The van der Waals surface area contributed by atoms with Crippen LogP contribution in [0.4, 0.5) is 0 Å². The van der Waals surface area contributed by atoms with Crippen LogP contribution in [-0.4, -0.2) is 17.1 Å². The predicted octanol–water partition coefficient (Wildman–Crippen LogP) is 3.03. The van der Waals surface area contributed by atoms with Crippen LogP contribution in [0.5, 0.6) is 5.75 Å². The van der Waals surface area contributed by atoms with Crippen LogP contribution in [0.15, 0.2) is 24.3 Å². The Morgan fingerprint density at radius 2 is 1.77 bits per heavy atom. The summed E-state index contributed by atoms with van der Waals surface area (Å²) in [5.74, 6) is 1.43. The molecule has 0 aliphatic heterocycles. The first-order chi connectivity index (χ1) is 6.06. The molecule has 0 aromatic heterocycles. The van der Waals surface area contributed by atoms with Crippen LogP contribution in [-0.2, 0) is 5.41 Å². The van der Waals surface area contributed by atoms with Crippen LogP contribution < -0.4 is 0 Å². The van der Waals surface area contributed by atoms with Gasteiger partial charge >= 0.3 is 0 Å². The summed E-state index contributed by atoms with van der Waals surface area (Å²) in [5, 5.41) is 9.15. The maximum atomic E-state index is 9.15. The molecule has 0 heterocycles. The Hall–Kier alpha value is -0.630. The van der Waals surface area contributed by atoms with Gasteiger partial charge in [-0.15, -0.1) is 0 Å². The van der Waals surface area contributed by atoms with Gasteiger partial charge in [0, 0.05) is 5.75 Å². The Morgan fingerprint density at radius 1 is 1.23 bits per heavy atom. The van der Waals surface area contributed by atoms with Crippen molar-refractivity contribution in [2.45, 2.75) is 19.3 Å². The zero-order chi connectivity index (χ0) is 9.90. The van der Waals surface area contributed by atoms with E-state index in [1.54, 1.807) is 12.1 Å². The number of phenols is 1.